The standard InChI is InChI=1S/C14H17ClINO3/c1-20-12-7-11(16)10(15)6-9(12)13(19)17-8-14(2-3-14)4-5-18/h6-7,18H,2-5,8H2,1H3,(H,17,19). The van der Waals surface area contributed by atoms with Gasteiger partial charge in [-0.05, 0) is 59.4 Å². The average molecular weight is 410 g/mol. The third-order valence-electron chi connectivity index (χ3n) is 3.71. The van der Waals surface area contributed by atoms with E-state index in [-0.39, 0.29) is 17.9 Å². The van der Waals surface area contributed by atoms with Gasteiger partial charge in [0.05, 0.1) is 17.7 Å². The zero-order valence-corrected chi connectivity index (χ0v) is 14.1. The molecule has 0 spiro atoms. The molecule has 1 aromatic carbocycles. The maximum atomic E-state index is 12.3. The molecule has 1 amide bonds. The number of halogens is 2. The minimum atomic E-state index is -0.190. The number of aliphatic hydroxyl groups excluding tert-OH is 1. The predicted octanol–water partition coefficient (Wildman–Crippen LogP) is 2.85. The summed E-state index contributed by atoms with van der Waals surface area (Å²) in [6.45, 7) is 0.744. The first kappa shape index (κ1) is 15.9. The van der Waals surface area contributed by atoms with Crippen molar-refractivity contribution in [2.24, 2.45) is 5.41 Å². The monoisotopic (exact) mass is 409 g/mol. The van der Waals surface area contributed by atoms with E-state index in [1.807, 2.05) is 0 Å². The summed E-state index contributed by atoms with van der Waals surface area (Å²) in [5, 5.41) is 12.5. The van der Waals surface area contributed by atoms with Crippen LogP contribution >= 0.6 is 34.2 Å². The minimum absolute atomic E-state index is 0.0879. The van der Waals surface area contributed by atoms with E-state index >= 15 is 0 Å². The van der Waals surface area contributed by atoms with Crippen LogP contribution in [0.3, 0.4) is 0 Å². The van der Waals surface area contributed by atoms with Crippen LogP contribution in [0.1, 0.15) is 29.6 Å². The highest BCUT2D eigenvalue weighted by atomic mass is 127. The van der Waals surface area contributed by atoms with Crippen LogP contribution in [0.15, 0.2) is 12.1 Å². The zero-order valence-electron chi connectivity index (χ0n) is 11.2. The molecule has 1 aromatic rings. The number of hydrogen-bond acceptors (Lipinski definition) is 3. The Bertz CT molecular complexity index is 517. The molecule has 1 saturated carbocycles. The summed E-state index contributed by atoms with van der Waals surface area (Å²) in [7, 11) is 1.53. The Labute approximate surface area is 137 Å². The van der Waals surface area contributed by atoms with E-state index in [1.54, 1.807) is 12.1 Å². The van der Waals surface area contributed by atoms with Crippen molar-refractivity contribution >= 4 is 40.1 Å². The predicted molar refractivity (Wildman–Crippen MR) is 86.4 cm³/mol. The van der Waals surface area contributed by atoms with Gasteiger partial charge in [-0.25, -0.2) is 0 Å². The number of ether oxygens (including phenoxy) is 1. The largest absolute Gasteiger partial charge is 0.496 e. The van der Waals surface area contributed by atoms with E-state index in [1.165, 1.54) is 7.11 Å². The zero-order chi connectivity index (χ0) is 14.8. The summed E-state index contributed by atoms with van der Waals surface area (Å²) in [6.07, 6.45) is 2.84. The summed E-state index contributed by atoms with van der Waals surface area (Å²) in [5.74, 6) is 0.327. The molecule has 0 saturated heterocycles. The Kier molecular flexibility index (Phi) is 5.14. The molecule has 110 valence electrons. The smallest absolute Gasteiger partial charge is 0.255 e. The van der Waals surface area contributed by atoms with Crippen molar-refractivity contribution in [1.29, 1.82) is 0 Å². The fourth-order valence-electron chi connectivity index (χ4n) is 2.17. The lowest BCUT2D eigenvalue weighted by Crippen LogP contribution is -2.31. The van der Waals surface area contributed by atoms with Crippen molar-refractivity contribution in [1.82, 2.24) is 5.32 Å². The molecule has 2 N–H and O–H groups in total. The molecule has 0 bridgehead atoms. The van der Waals surface area contributed by atoms with Gasteiger partial charge in [-0.1, -0.05) is 11.6 Å². The van der Waals surface area contributed by atoms with Gasteiger partial charge in [0.1, 0.15) is 5.75 Å². The molecular weight excluding hydrogens is 393 g/mol. The number of benzene rings is 1. The van der Waals surface area contributed by atoms with Crippen LogP contribution < -0.4 is 10.1 Å². The van der Waals surface area contributed by atoms with Crippen LogP contribution in [0.5, 0.6) is 5.75 Å². The molecule has 1 aliphatic rings. The molecule has 0 aliphatic heterocycles. The van der Waals surface area contributed by atoms with Crippen LogP contribution in [0.2, 0.25) is 5.02 Å². The molecule has 1 aliphatic carbocycles. The topological polar surface area (TPSA) is 58.6 Å². The molecule has 0 unspecified atom stereocenters. The van der Waals surface area contributed by atoms with Gasteiger partial charge in [-0.3, -0.25) is 4.79 Å². The van der Waals surface area contributed by atoms with Gasteiger partial charge in [0.25, 0.3) is 5.91 Å². The molecule has 4 nitrogen and oxygen atoms in total. The van der Waals surface area contributed by atoms with E-state index in [0.29, 0.717) is 22.9 Å². The van der Waals surface area contributed by atoms with Crippen LogP contribution in [-0.4, -0.2) is 31.3 Å². The molecule has 2 rings (SSSR count). The first-order valence-corrected chi connectivity index (χ1v) is 7.89. The van der Waals surface area contributed by atoms with Gasteiger partial charge in [-0.15, -0.1) is 0 Å². The lowest BCUT2D eigenvalue weighted by atomic mass is 10.0. The van der Waals surface area contributed by atoms with Crippen molar-refractivity contribution in [2.45, 2.75) is 19.3 Å². The Morgan fingerprint density at radius 1 is 1.55 bits per heavy atom. The number of methoxy groups -OCH3 is 1. The second kappa shape index (κ2) is 6.49. The maximum absolute atomic E-state index is 12.3. The van der Waals surface area contributed by atoms with Gasteiger partial charge in [0, 0.05) is 16.7 Å². The molecule has 0 radical (unpaired) electrons. The molecule has 6 heteroatoms. The van der Waals surface area contributed by atoms with Gasteiger partial charge in [0.15, 0.2) is 0 Å². The first-order valence-electron chi connectivity index (χ1n) is 6.43. The number of hydrogen-bond donors (Lipinski definition) is 2. The molecule has 0 aromatic heterocycles. The van der Waals surface area contributed by atoms with Crippen molar-refractivity contribution in [3.8, 4) is 5.75 Å². The van der Waals surface area contributed by atoms with Gasteiger partial charge in [-0.2, -0.15) is 0 Å². The van der Waals surface area contributed by atoms with E-state index in [0.717, 1.165) is 22.8 Å². The van der Waals surface area contributed by atoms with E-state index < -0.39 is 0 Å². The number of rotatable bonds is 6. The third kappa shape index (κ3) is 3.56. The average Bonchev–Trinajstić information content (AvgIpc) is 3.19. The lowest BCUT2D eigenvalue weighted by Gasteiger charge is -2.16. The van der Waals surface area contributed by atoms with E-state index in [2.05, 4.69) is 27.9 Å². The summed E-state index contributed by atoms with van der Waals surface area (Å²) in [6, 6.07) is 3.38. The number of amides is 1. The second-order valence-corrected chi connectivity index (χ2v) is 6.69. The SMILES string of the molecule is COc1cc(I)c(Cl)cc1C(=O)NCC1(CCO)CC1. The van der Waals surface area contributed by atoms with Crippen LogP contribution in [0.4, 0.5) is 0 Å². The Balaban J connectivity index is 2.07. The quantitative estimate of drug-likeness (QED) is 0.711. The van der Waals surface area contributed by atoms with E-state index in [9.17, 15) is 4.79 Å². The minimum Gasteiger partial charge on any atom is -0.496 e. The highest BCUT2D eigenvalue weighted by Crippen LogP contribution is 2.48. The maximum Gasteiger partial charge on any atom is 0.255 e. The van der Waals surface area contributed by atoms with Gasteiger partial charge < -0.3 is 15.2 Å². The molecular formula is C14H17ClINO3. The van der Waals surface area contributed by atoms with Gasteiger partial charge in [0.2, 0.25) is 0 Å². The van der Waals surface area contributed by atoms with Crippen LogP contribution in [0.25, 0.3) is 0 Å². The Hall–Kier alpha value is -0.530. The normalized spacial score (nSPS) is 15.8. The van der Waals surface area contributed by atoms with Gasteiger partial charge >= 0.3 is 0 Å². The molecule has 0 heterocycles. The Morgan fingerprint density at radius 3 is 2.80 bits per heavy atom. The molecule has 20 heavy (non-hydrogen) atoms. The van der Waals surface area contributed by atoms with E-state index in [4.69, 9.17) is 21.4 Å². The fourth-order valence-corrected chi connectivity index (χ4v) is 2.77. The lowest BCUT2D eigenvalue weighted by molar-refractivity contribution is 0.0937. The summed E-state index contributed by atoms with van der Waals surface area (Å²) < 4.78 is 6.08. The second-order valence-electron chi connectivity index (χ2n) is 5.12. The van der Waals surface area contributed by atoms with Crippen molar-refractivity contribution in [3.63, 3.8) is 0 Å². The van der Waals surface area contributed by atoms with Crippen LogP contribution in [0, 0.1) is 8.99 Å². The van der Waals surface area contributed by atoms with Crippen LogP contribution in [-0.2, 0) is 0 Å². The highest BCUT2D eigenvalue weighted by Gasteiger charge is 2.42. The first-order chi connectivity index (χ1) is 9.51. The fraction of sp³-hybridized carbons (Fsp3) is 0.500. The number of carbonyl (C=O) groups excluding carboxylic acids is 1. The number of aliphatic hydroxyl groups is 1. The Morgan fingerprint density at radius 2 is 2.25 bits per heavy atom. The van der Waals surface area contributed by atoms with Crippen molar-refractivity contribution in [3.05, 3.63) is 26.3 Å². The summed E-state index contributed by atoms with van der Waals surface area (Å²) in [5.41, 5.74) is 0.530. The number of nitrogens with one attached hydrogen (secondary N) is 1. The molecule has 0 atom stereocenters. The van der Waals surface area contributed by atoms with Crippen molar-refractivity contribution < 1.29 is 14.6 Å². The summed E-state index contributed by atoms with van der Waals surface area (Å²) >= 11 is 8.16. The highest BCUT2D eigenvalue weighted by molar-refractivity contribution is 14.1. The molecule has 1 fully saturated rings. The third-order valence-corrected chi connectivity index (χ3v) is 5.23. The summed E-state index contributed by atoms with van der Waals surface area (Å²) in [4.78, 5) is 12.3. The number of carbonyl (C=O) groups is 1. The van der Waals surface area contributed by atoms with Crippen molar-refractivity contribution in [2.75, 3.05) is 20.3 Å².